The van der Waals surface area contributed by atoms with Gasteiger partial charge in [-0.3, -0.25) is 38.4 Å². The Balaban J connectivity index is -0.000000728. The van der Waals surface area contributed by atoms with E-state index in [0.29, 0.717) is 17.9 Å². The summed E-state index contributed by atoms with van der Waals surface area (Å²) in [5, 5.41) is 16.4. The van der Waals surface area contributed by atoms with Crippen LogP contribution in [0, 0.1) is 40.2 Å². The molecule has 17 heteroatoms. The molecule has 0 unspecified atom stereocenters. The minimum Gasteiger partial charge on any atom is -0.481 e. The Bertz CT molecular complexity index is 2050. The van der Waals surface area contributed by atoms with E-state index in [1.165, 1.54) is 13.8 Å². The molecule has 3 aliphatic carbocycles. The summed E-state index contributed by atoms with van der Waals surface area (Å²) in [5.74, 6) is -0.822. The number of fused-ring (bicyclic) bond motifs is 2. The fourth-order valence-corrected chi connectivity index (χ4v) is 6.47. The van der Waals surface area contributed by atoms with Crippen LogP contribution in [0.5, 0.6) is 0 Å². The van der Waals surface area contributed by atoms with Gasteiger partial charge < -0.3 is 29.9 Å². The molecule has 0 spiro atoms. The molecular formula is C47H66N3NaO12Zn. The van der Waals surface area contributed by atoms with Crippen LogP contribution in [0.3, 0.4) is 0 Å². The number of esters is 1. The van der Waals surface area contributed by atoms with Gasteiger partial charge in [-0.15, -0.1) is 5.34 Å². The molecule has 64 heavy (non-hydrogen) atoms. The number of benzene rings is 1. The van der Waals surface area contributed by atoms with Crippen LogP contribution in [0.15, 0.2) is 41.9 Å². The number of aryl methyl sites for hydroxylation is 3. The quantitative estimate of drug-likeness (QED) is 0.0613. The molecule has 1 fully saturated rings. The van der Waals surface area contributed by atoms with Crippen LogP contribution >= 0.6 is 0 Å². The van der Waals surface area contributed by atoms with E-state index in [1.807, 2.05) is 106 Å². The fourth-order valence-electron chi connectivity index (χ4n) is 6.47. The number of aromatic nitrogens is 2. The second-order valence-electron chi connectivity index (χ2n) is 16.9. The van der Waals surface area contributed by atoms with Crippen molar-refractivity contribution in [1.29, 1.82) is 0 Å². The van der Waals surface area contributed by atoms with E-state index < -0.39 is 11.9 Å². The second-order valence-corrected chi connectivity index (χ2v) is 16.9. The third kappa shape index (κ3) is 21.2. The Morgan fingerprint density at radius 3 is 1.67 bits per heavy atom. The number of aromatic amines is 2. The molecule has 0 amide bonds. The van der Waals surface area contributed by atoms with Crippen LogP contribution in [-0.4, -0.2) is 61.7 Å². The van der Waals surface area contributed by atoms with Crippen molar-refractivity contribution in [1.82, 2.24) is 9.97 Å². The van der Waals surface area contributed by atoms with E-state index in [2.05, 4.69) is 9.97 Å². The molecule has 3 aromatic rings. The average molecular weight is 953 g/mol. The topological polar surface area (TPSA) is 250 Å². The van der Waals surface area contributed by atoms with Gasteiger partial charge in [0, 0.05) is 84.7 Å². The van der Waals surface area contributed by atoms with Gasteiger partial charge in [-0.25, -0.2) is 0 Å². The van der Waals surface area contributed by atoms with Gasteiger partial charge in [0.25, 0.3) is 5.97 Å². The van der Waals surface area contributed by atoms with Gasteiger partial charge in [0.15, 0.2) is 17.3 Å². The molecule has 0 atom stereocenters. The number of nitrogens with zero attached hydrogens (tertiary/aromatic N) is 1. The van der Waals surface area contributed by atoms with Gasteiger partial charge in [0.1, 0.15) is 30.4 Å². The third-order valence-electron chi connectivity index (χ3n) is 10.3. The van der Waals surface area contributed by atoms with Crippen LogP contribution in [0.4, 0.5) is 0 Å². The molecule has 2 aromatic heterocycles. The molecule has 0 bridgehead atoms. The molecule has 15 nitrogen and oxygen atoms in total. The van der Waals surface area contributed by atoms with Gasteiger partial charge in [0.05, 0.1) is 12.1 Å². The summed E-state index contributed by atoms with van der Waals surface area (Å²) < 4.78 is 4.88. The van der Waals surface area contributed by atoms with E-state index in [-0.39, 0.29) is 114 Å². The van der Waals surface area contributed by atoms with Crippen molar-refractivity contribution in [2.45, 2.75) is 148 Å². The molecule has 344 valence electrons. The van der Waals surface area contributed by atoms with Crippen LogP contribution in [0.1, 0.15) is 174 Å². The number of ether oxygens (including phenoxy) is 1. The van der Waals surface area contributed by atoms with E-state index in [4.69, 9.17) is 24.8 Å². The number of nitrogens with one attached hydrogen (secondary N) is 2. The van der Waals surface area contributed by atoms with E-state index in [0.717, 1.165) is 83.6 Å². The van der Waals surface area contributed by atoms with Crippen molar-refractivity contribution in [3.05, 3.63) is 91.5 Å². The first-order valence-electron chi connectivity index (χ1n) is 20.6. The first-order valence-corrected chi connectivity index (χ1v) is 20.6. The molecule has 0 radical (unpaired) electrons. The van der Waals surface area contributed by atoms with E-state index in [1.54, 1.807) is 0 Å². The van der Waals surface area contributed by atoms with Crippen molar-refractivity contribution in [3.63, 3.8) is 0 Å². The summed E-state index contributed by atoms with van der Waals surface area (Å²) in [7, 11) is 0. The average Bonchev–Trinajstić information content (AvgIpc) is 3.74. The van der Waals surface area contributed by atoms with Crippen molar-refractivity contribution in [2.75, 3.05) is 0 Å². The van der Waals surface area contributed by atoms with Gasteiger partial charge in [-0.2, -0.15) is 0 Å². The largest absolute Gasteiger partial charge is 1.00 e. The first kappa shape index (κ1) is 64.0. The number of carbonyl (C=O) groups excluding carboxylic acids is 7. The maximum Gasteiger partial charge on any atom is 1.00 e. The number of H-pyrrole nitrogens is 2. The maximum absolute atomic E-state index is 12.3. The normalized spacial score (nSPS) is 15.3. The molecule has 3 N–H and O–H groups in total. The summed E-state index contributed by atoms with van der Waals surface area (Å²) >= 11 is 0. The summed E-state index contributed by atoms with van der Waals surface area (Å²) in [5.41, 5.74) is 6.47. The predicted molar refractivity (Wildman–Crippen MR) is 237 cm³/mol. The van der Waals surface area contributed by atoms with Crippen LogP contribution < -0.4 is 29.6 Å². The Morgan fingerprint density at radius 1 is 0.781 bits per heavy atom. The number of hydrogen-bond donors (Lipinski definition) is 3. The molecule has 0 saturated heterocycles. The SMILES string of the molecule is CC.CC(=O)CC(=O)OCc1ccccc1.CC(=O)O.CC(=O)c1[nH]c2c(c1C)C(=O)C(C)(C)CC2.CC1(C)CCC(=O)CC1=O.Cc1c[nH]c2c1C(=O)C(C)(C)CC2.O=N[O-].[Na+].[Zn]. The van der Waals surface area contributed by atoms with Crippen LogP contribution in [0.25, 0.3) is 0 Å². The van der Waals surface area contributed by atoms with Gasteiger partial charge in [-0.05, 0) is 69.6 Å². The molecule has 6 rings (SSSR count). The Morgan fingerprint density at radius 2 is 1.23 bits per heavy atom. The smallest absolute Gasteiger partial charge is 0.481 e. The molecule has 3 aliphatic rings. The molecular weight excluding hydrogens is 887 g/mol. The van der Waals surface area contributed by atoms with Crippen molar-refractivity contribution in [2.24, 2.45) is 21.6 Å². The van der Waals surface area contributed by atoms with Gasteiger partial charge in [-0.1, -0.05) is 85.7 Å². The van der Waals surface area contributed by atoms with Crippen molar-refractivity contribution >= 4 is 46.6 Å². The zero-order valence-electron chi connectivity index (χ0n) is 40.4. The van der Waals surface area contributed by atoms with Gasteiger partial charge >= 0.3 is 35.5 Å². The van der Waals surface area contributed by atoms with Crippen LogP contribution in [0.2, 0.25) is 0 Å². The number of carboxylic acids is 1. The Hall–Kier alpha value is -4.24. The maximum atomic E-state index is 12.3. The summed E-state index contributed by atoms with van der Waals surface area (Å²) in [6.45, 7) is 23.9. The zero-order chi connectivity index (χ0) is 48.2. The number of carboxylic acid groups (broad SMARTS) is 1. The zero-order valence-corrected chi connectivity index (χ0v) is 45.4. The van der Waals surface area contributed by atoms with E-state index >= 15 is 0 Å². The predicted octanol–water partition coefficient (Wildman–Crippen LogP) is 6.57. The number of hydrogen-bond acceptors (Lipinski definition) is 12. The molecule has 1 aromatic carbocycles. The minimum absolute atomic E-state index is 0. The Labute approximate surface area is 412 Å². The third-order valence-corrected chi connectivity index (χ3v) is 10.3. The first-order chi connectivity index (χ1) is 28.7. The molecule has 1 saturated carbocycles. The van der Waals surface area contributed by atoms with E-state index in [9.17, 15) is 33.6 Å². The monoisotopic (exact) mass is 951 g/mol. The molecule has 0 aliphatic heterocycles. The number of aliphatic carboxylic acids is 1. The number of carbonyl (C=O) groups is 8. The second kappa shape index (κ2) is 30.1. The number of Topliss-reactive ketones (excluding diaryl/α,β-unsaturated/α-hetero) is 6. The fraction of sp³-hybridized carbons (Fsp3) is 0.532. The summed E-state index contributed by atoms with van der Waals surface area (Å²) in [6.07, 6.45) is 6.91. The molecule has 2 heterocycles. The standard InChI is InChI=1S/C13H17NO2.C11H15NO.C11H12O3.C8H12O2.C2H4O2.C2H6.HNO2.Na.Zn/c1-7-10-9(14-11(7)8(2)15)5-6-13(3,4)12(10)16;1-7-6-12-8-4-5-11(2,3)10(13)9(7)8;1-9(12)7-11(13)14-8-10-5-3-2-4-6-10;1-8(2)4-3-6(9)5-7(8)10;1-2(3)4;1-2;2-1-3;;/h14H,5-6H2,1-4H3;6,12H,4-5H2,1-3H3;2-6H,7-8H2,1H3;3-5H2,1-2H3;1H3,(H,3,4);1-2H3;(H,2,3);;/q;;;;;;;+1;/p-1. The Kier molecular flexibility index (Phi) is 30.1. The van der Waals surface area contributed by atoms with Gasteiger partial charge in [0.2, 0.25) is 0 Å². The van der Waals surface area contributed by atoms with Crippen molar-refractivity contribution < 1.29 is 97.2 Å². The number of rotatable bonds is 5. The van der Waals surface area contributed by atoms with Crippen LogP contribution in [-0.2, 0) is 67.6 Å². The summed E-state index contributed by atoms with van der Waals surface area (Å²) in [4.78, 5) is 102. The summed E-state index contributed by atoms with van der Waals surface area (Å²) in [6, 6.07) is 9.35. The minimum atomic E-state index is -0.833. The number of ketones is 6. The van der Waals surface area contributed by atoms with Crippen molar-refractivity contribution in [3.8, 4) is 0 Å².